The molecule has 21 heavy (non-hydrogen) atoms. The summed E-state index contributed by atoms with van der Waals surface area (Å²) in [5.74, 6) is -0.696. The molecule has 5 heteroatoms. The summed E-state index contributed by atoms with van der Waals surface area (Å²) in [6.07, 6.45) is 6.34. The topological polar surface area (TPSA) is 67.2 Å². The van der Waals surface area contributed by atoms with Crippen LogP contribution in [0.5, 0.6) is 0 Å². The summed E-state index contributed by atoms with van der Waals surface area (Å²) in [5.41, 5.74) is 1.59. The van der Waals surface area contributed by atoms with E-state index in [1.54, 1.807) is 0 Å². The molecule has 0 spiro atoms. The fourth-order valence-corrected chi connectivity index (χ4v) is 3.48. The van der Waals surface area contributed by atoms with Gasteiger partial charge in [-0.3, -0.25) is 14.8 Å². The number of hydrogen-bond donors (Lipinski definition) is 2. The Balaban J connectivity index is 1.81. The predicted octanol–water partition coefficient (Wildman–Crippen LogP) is 2.31. The molecule has 2 N–H and O–H groups in total. The first-order valence-corrected chi connectivity index (χ1v) is 8.16. The van der Waals surface area contributed by atoms with E-state index >= 15 is 0 Å². The second-order valence-electron chi connectivity index (χ2n) is 6.48. The third kappa shape index (κ3) is 2.71. The van der Waals surface area contributed by atoms with Crippen molar-refractivity contribution in [3.05, 3.63) is 17.5 Å². The molecule has 1 heterocycles. The Kier molecular flexibility index (Phi) is 3.78. The van der Waals surface area contributed by atoms with Crippen LogP contribution in [0.3, 0.4) is 0 Å². The van der Waals surface area contributed by atoms with Gasteiger partial charge in [0.1, 0.15) is 5.54 Å². The van der Waals surface area contributed by atoms with Crippen molar-refractivity contribution in [2.45, 2.75) is 76.4 Å². The summed E-state index contributed by atoms with van der Waals surface area (Å²) in [4.78, 5) is 11.8. The van der Waals surface area contributed by atoms with Gasteiger partial charge in [-0.05, 0) is 51.0 Å². The Morgan fingerprint density at radius 1 is 1.43 bits per heavy atom. The number of aliphatic carboxylic acids is 1. The van der Waals surface area contributed by atoms with Crippen LogP contribution >= 0.6 is 0 Å². The molecule has 2 aliphatic rings. The van der Waals surface area contributed by atoms with E-state index in [2.05, 4.69) is 29.9 Å². The second kappa shape index (κ2) is 5.44. The fraction of sp³-hybridized carbons (Fsp3) is 0.750. The Bertz CT molecular complexity index is 536. The average molecular weight is 291 g/mol. The monoisotopic (exact) mass is 291 g/mol. The molecule has 0 amide bonds. The summed E-state index contributed by atoms with van der Waals surface area (Å²) in [6.45, 7) is 4.24. The largest absolute Gasteiger partial charge is 0.480 e. The smallest absolute Gasteiger partial charge is 0.323 e. The molecule has 0 saturated heterocycles. The lowest BCUT2D eigenvalue weighted by Crippen LogP contribution is -2.51. The molecule has 5 nitrogen and oxygen atoms in total. The third-order valence-electron chi connectivity index (χ3n) is 4.89. The minimum atomic E-state index is -0.741. The number of hydrogen-bond acceptors (Lipinski definition) is 3. The van der Waals surface area contributed by atoms with Gasteiger partial charge in [0.05, 0.1) is 11.7 Å². The summed E-state index contributed by atoms with van der Waals surface area (Å²) in [7, 11) is 0. The minimum Gasteiger partial charge on any atom is -0.480 e. The van der Waals surface area contributed by atoms with Gasteiger partial charge in [0.15, 0.2) is 0 Å². The zero-order chi connectivity index (χ0) is 15.0. The third-order valence-corrected chi connectivity index (χ3v) is 4.89. The summed E-state index contributed by atoms with van der Waals surface area (Å²) in [6, 6.07) is 2.78. The van der Waals surface area contributed by atoms with Crippen molar-refractivity contribution in [2.75, 3.05) is 0 Å². The molecule has 0 aliphatic heterocycles. The van der Waals surface area contributed by atoms with Crippen LogP contribution in [0.1, 0.15) is 63.4 Å². The molecule has 3 rings (SSSR count). The van der Waals surface area contributed by atoms with Crippen molar-refractivity contribution in [3.63, 3.8) is 0 Å². The van der Waals surface area contributed by atoms with Crippen molar-refractivity contribution in [1.82, 2.24) is 15.1 Å². The molecular weight excluding hydrogens is 266 g/mol. The van der Waals surface area contributed by atoms with Gasteiger partial charge in [-0.25, -0.2) is 0 Å². The van der Waals surface area contributed by atoms with Crippen LogP contribution in [0, 0.1) is 0 Å². The van der Waals surface area contributed by atoms with E-state index in [0.29, 0.717) is 18.9 Å². The van der Waals surface area contributed by atoms with Crippen LogP contribution in [0.15, 0.2) is 6.07 Å². The van der Waals surface area contributed by atoms with Crippen molar-refractivity contribution >= 4 is 5.97 Å². The molecule has 2 fully saturated rings. The zero-order valence-corrected chi connectivity index (χ0v) is 12.9. The number of carbonyl (C=O) groups is 1. The highest BCUT2D eigenvalue weighted by molar-refractivity contribution is 5.79. The first-order chi connectivity index (χ1) is 10.1. The maximum atomic E-state index is 11.8. The van der Waals surface area contributed by atoms with Gasteiger partial charge in [-0.2, -0.15) is 5.10 Å². The second-order valence-corrected chi connectivity index (χ2v) is 6.48. The molecular formula is C16H25N3O2. The zero-order valence-electron chi connectivity index (χ0n) is 12.9. The van der Waals surface area contributed by atoms with Crippen molar-refractivity contribution in [1.29, 1.82) is 0 Å². The number of aromatic nitrogens is 2. The van der Waals surface area contributed by atoms with E-state index in [0.717, 1.165) is 37.8 Å². The first-order valence-electron chi connectivity index (χ1n) is 8.16. The van der Waals surface area contributed by atoms with E-state index in [4.69, 9.17) is 5.10 Å². The normalized spacial score (nSPS) is 29.0. The van der Waals surface area contributed by atoms with Gasteiger partial charge in [0, 0.05) is 11.7 Å². The molecule has 0 bridgehead atoms. The number of nitrogens with zero attached hydrogens (tertiary/aromatic N) is 2. The Labute approximate surface area is 125 Å². The van der Waals surface area contributed by atoms with Gasteiger partial charge >= 0.3 is 5.97 Å². The Morgan fingerprint density at radius 3 is 2.76 bits per heavy atom. The molecule has 2 saturated carbocycles. The van der Waals surface area contributed by atoms with Gasteiger partial charge < -0.3 is 5.11 Å². The summed E-state index contributed by atoms with van der Waals surface area (Å²) >= 11 is 0. The average Bonchev–Trinajstić information content (AvgIpc) is 3.03. The molecule has 0 aromatic carbocycles. The lowest BCUT2D eigenvalue weighted by molar-refractivity contribution is -0.144. The van der Waals surface area contributed by atoms with Crippen LogP contribution in [0.25, 0.3) is 0 Å². The molecule has 1 aromatic heterocycles. The van der Waals surface area contributed by atoms with Gasteiger partial charge in [0.25, 0.3) is 0 Å². The summed E-state index contributed by atoms with van der Waals surface area (Å²) in [5, 5.41) is 17.8. The maximum Gasteiger partial charge on any atom is 0.323 e. The van der Waals surface area contributed by atoms with Crippen molar-refractivity contribution < 1.29 is 9.90 Å². The van der Waals surface area contributed by atoms with Gasteiger partial charge in [-0.15, -0.1) is 0 Å². The first kappa shape index (κ1) is 14.6. The highest BCUT2D eigenvalue weighted by atomic mass is 16.4. The van der Waals surface area contributed by atoms with Crippen molar-refractivity contribution in [2.24, 2.45) is 0 Å². The highest BCUT2D eigenvalue weighted by Crippen LogP contribution is 2.40. The molecule has 0 radical (unpaired) electrons. The van der Waals surface area contributed by atoms with Gasteiger partial charge in [-0.1, -0.05) is 13.8 Å². The van der Waals surface area contributed by atoms with Crippen LogP contribution in [0.4, 0.5) is 0 Å². The number of rotatable bonds is 6. The molecule has 2 aliphatic carbocycles. The van der Waals surface area contributed by atoms with E-state index in [1.165, 1.54) is 5.69 Å². The molecule has 1 aromatic rings. The van der Waals surface area contributed by atoms with E-state index < -0.39 is 11.5 Å². The highest BCUT2D eigenvalue weighted by Gasteiger charge is 2.49. The number of carboxylic acid groups (broad SMARTS) is 1. The van der Waals surface area contributed by atoms with Crippen LogP contribution in [0.2, 0.25) is 0 Å². The number of nitrogens with one attached hydrogen (secondary N) is 1. The van der Waals surface area contributed by atoms with Crippen LogP contribution < -0.4 is 5.32 Å². The molecule has 2 unspecified atom stereocenters. The van der Waals surface area contributed by atoms with E-state index in [1.807, 2.05) is 0 Å². The van der Waals surface area contributed by atoms with Crippen molar-refractivity contribution in [3.8, 4) is 0 Å². The predicted molar refractivity (Wildman–Crippen MR) is 80.4 cm³/mol. The lowest BCUT2D eigenvalue weighted by atomic mass is 9.97. The van der Waals surface area contributed by atoms with Crippen LogP contribution in [-0.2, 0) is 17.6 Å². The summed E-state index contributed by atoms with van der Waals surface area (Å²) < 4.78 is 2.10. The SMILES string of the molecule is CCc1cc(CC)n(C2CCC(NC3CC3)(C(=O)O)C2)n1. The standard InChI is InChI=1S/C16H25N3O2/c1-3-11-9-13(4-2)19(18-11)14-7-8-16(10-14,15(20)21)17-12-5-6-12/h9,12,14,17H,3-8,10H2,1-2H3,(H,20,21). The lowest BCUT2D eigenvalue weighted by Gasteiger charge is -2.26. The molecule has 116 valence electrons. The number of aryl methyl sites for hydroxylation is 2. The molecule has 2 atom stereocenters. The van der Waals surface area contributed by atoms with Gasteiger partial charge in [0.2, 0.25) is 0 Å². The number of carboxylic acids is 1. The Morgan fingerprint density at radius 2 is 2.19 bits per heavy atom. The fourth-order valence-electron chi connectivity index (χ4n) is 3.48. The van der Waals surface area contributed by atoms with E-state index in [-0.39, 0.29) is 6.04 Å². The van der Waals surface area contributed by atoms with E-state index in [9.17, 15) is 9.90 Å². The Hall–Kier alpha value is -1.36. The maximum absolute atomic E-state index is 11.8. The van der Waals surface area contributed by atoms with Crippen LogP contribution in [-0.4, -0.2) is 32.4 Å². The quantitative estimate of drug-likeness (QED) is 0.844. The minimum absolute atomic E-state index is 0.211.